The Kier molecular flexibility index (Phi) is 5.13. The zero-order valence-corrected chi connectivity index (χ0v) is 18.9. The molecule has 0 spiro atoms. The number of aryl methyl sites for hydroxylation is 1. The molecule has 9 nitrogen and oxygen atoms in total. The van der Waals surface area contributed by atoms with E-state index in [0.717, 1.165) is 52.5 Å². The molecule has 1 aliphatic carbocycles. The summed E-state index contributed by atoms with van der Waals surface area (Å²) in [5, 5.41) is 23.5. The Hall–Kier alpha value is -3.27. The minimum Gasteiger partial charge on any atom is -0.390 e. The fourth-order valence-electron chi connectivity index (χ4n) is 5.44. The van der Waals surface area contributed by atoms with Crippen LogP contribution in [0.15, 0.2) is 42.9 Å². The van der Waals surface area contributed by atoms with Crippen LogP contribution in [0.1, 0.15) is 36.9 Å². The van der Waals surface area contributed by atoms with E-state index in [9.17, 15) is 10.2 Å². The molecule has 6 rings (SSSR count). The monoisotopic (exact) mass is 460 g/mol. The lowest BCUT2D eigenvalue weighted by atomic mass is 9.95. The van der Waals surface area contributed by atoms with Crippen LogP contribution in [0.25, 0.3) is 21.9 Å². The number of aliphatic hydroxyl groups is 2. The lowest BCUT2D eigenvalue weighted by molar-refractivity contribution is 0.00545. The molecule has 0 amide bonds. The predicted molar refractivity (Wildman–Crippen MR) is 129 cm³/mol. The van der Waals surface area contributed by atoms with Gasteiger partial charge < -0.3 is 20.5 Å². The quantitative estimate of drug-likeness (QED) is 0.366. The molecule has 34 heavy (non-hydrogen) atoms. The Morgan fingerprint density at radius 1 is 1.18 bits per heavy atom. The SMILES string of the molecule is C[C@@H]1Cc2cc3ccc(CC[C@H]4C[C@@H](n5ccc6c(N)ncnc65)[C@H](O)[C@@H]4O)cc3nc2NO1. The smallest absolute Gasteiger partial charge is 0.153 e. The van der Waals surface area contributed by atoms with Gasteiger partial charge in [-0.3, -0.25) is 4.84 Å². The number of nitrogen functional groups attached to an aromatic ring is 1. The van der Waals surface area contributed by atoms with Crippen molar-refractivity contribution in [3.8, 4) is 0 Å². The number of nitrogens with zero attached hydrogens (tertiary/aromatic N) is 4. The van der Waals surface area contributed by atoms with E-state index in [-0.39, 0.29) is 18.1 Å². The Labute approximate surface area is 196 Å². The largest absolute Gasteiger partial charge is 0.390 e. The molecule has 5 atom stereocenters. The summed E-state index contributed by atoms with van der Waals surface area (Å²) in [6.07, 6.45) is 4.81. The number of fused-ring (bicyclic) bond motifs is 3. The number of aliphatic hydroxyl groups excluding tert-OH is 2. The van der Waals surface area contributed by atoms with Crippen molar-refractivity contribution in [2.75, 3.05) is 11.2 Å². The molecule has 4 aromatic rings. The van der Waals surface area contributed by atoms with Gasteiger partial charge in [0.25, 0.3) is 0 Å². The van der Waals surface area contributed by atoms with Crippen LogP contribution in [-0.4, -0.2) is 48.0 Å². The predicted octanol–water partition coefficient (Wildman–Crippen LogP) is 2.77. The summed E-state index contributed by atoms with van der Waals surface area (Å²) in [6, 6.07) is 10.1. The van der Waals surface area contributed by atoms with Gasteiger partial charge in [-0.15, -0.1) is 0 Å². The number of aromatic nitrogens is 4. The standard InChI is InChI=1S/C25H28N6O3/c1-13-8-17-10-15-4-2-14(9-19(15)29-24(17)30-34-13)3-5-16-11-20(22(33)21(16)32)31-7-6-18-23(26)27-12-28-25(18)31/h2,4,6-7,9-10,12-13,16,20-22,32-33H,3,5,8,11H2,1H3,(H,29,30)(H2,26,27,28)/t13-,16+,20-,21-,22+/m1/s1. The van der Waals surface area contributed by atoms with Crippen molar-refractivity contribution in [3.63, 3.8) is 0 Å². The first kappa shape index (κ1) is 21.3. The fourth-order valence-corrected chi connectivity index (χ4v) is 5.44. The van der Waals surface area contributed by atoms with Crippen LogP contribution < -0.4 is 11.2 Å². The van der Waals surface area contributed by atoms with Gasteiger partial charge in [-0.05, 0) is 61.4 Å². The highest BCUT2D eigenvalue weighted by Gasteiger charge is 2.42. The summed E-state index contributed by atoms with van der Waals surface area (Å²) >= 11 is 0. The average Bonchev–Trinajstić information content (AvgIpc) is 3.38. The summed E-state index contributed by atoms with van der Waals surface area (Å²) in [4.78, 5) is 18.6. The average molecular weight is 461 g/mol. The molecule has 4 heterocycles. The van der Waals surface area contributed by atoms with Gasteiger partial charge in [0.05, 0.1) is 29.2 Å². The lowest BCUT2D eigenvalue weighted by Gasteiger charge is -2.22. The summed E-state index contributed by atoms with van der Waals surface area (Å²) in [5.74, 6) is 1.17. The first-order valence-electron chi connectivity index (χ1n) is 11.8. The van der Waals surface area contributed by atoms with Crippen LogP contribution in [0.2, 0.25) is 0 Å². The lowest BCUT2D eigenvalue weighted by Crippen LogP contribution is -2.29. The minimum absolute atomic E-state index is 0.0274. The molecule has 0 radical (unpaired) electrons. The van der Waals surface area contributed by atoms with Crippen LogP contribution >= 0.6 is 0 Å². The zero-order valence-electron chi connectivity index (χ0n) is 18.9. The number of nitrogens with two attached hydrogens (primary N) is 1. The van der Waals surface area contributed by atoms with Gasteiger partial charge in [-0.25, -0.2) is 20.4 Å². The van der Waals surface area contributed by atoms with Crippen molar-refractivity contribution in [3.05, 3.63) is 54.0 Å². The van der Waals surface area contributed by atoms with E-state index in [0.29, 0.717) is 17.9 Å². The van der Waals surface area contributed by atoms with Crippen molar-refractivity contribution < 1.29 is 15.1 Å². The third kappa shape index (κ3) is 3.56. The third-order valence-electron chi connectivity index (χ3n) is 7.30. The molecule has 0 saturated heterocycles. The van der Waals surface area contributed by atoms with Crippen LogP contribution in [0.3, 0.4) is 0 Å². The van der Waals surface area contributed by atoms with Gasteiger partial charge in [-0.2, -0.15) is 0 Å². The summed E-state index contributed by atoms with van der Waals surface area (Å²) in [7, 11) is 0. The molecule has 1 saturated carbocycles. The summed E-state index contributed by atoms with van der Waals surface area (Å²) < 4.78 is 1.92. The summed E-state index contributed by atoms with van der Waals surface area (Å²) in [6.45, 7) is 2.03. The number of nitrogens with one attached hydrogen (secondary N) is 1. The van der Waals surface area contributed by atoms with E-state index < -0.39 is 12.2 Å². The Morgan fingerprint density at radius 3 is 2.94 bits per heavy atom. The van der Waals surface area contributed by atoms with Crippen LogP contribution in [0.4, 0.5) is 11.6 Å². The van der Waals surface area contributed by atoms with Gasteiger partial charge in [0.15, 0.2) is 5.82 Å². The van der Waals surface area contributed by atoms with Crippen LogP contribution in [-0.2, 0) is 17.7 Å². The topological polar surface area (TPSA) is 131 Å². The van der Waals surface area contributed by atoms with Gasteiger partial charge in [-0.1, -0.05) is 12.1 Å². The second-order valence-corrected chi connectivity index (χ2v) is 9.56. The van der Waals surface area contributed by atoms with Crippen LogP contribution in [0, 0.1) is 5.92 Å². The van der Waals surface area contributed by atoms with Crippen molar-refractivity contribution >= 4 is 33.6 Å². The Bertz CT molecular complexity index is 1370. The fraction of sp³-hybridized carbons (Fsp3) is 0.400. The van der Waals surface area contributed by atoms with E-state index in [1.807, 2.05) is 23.8 Å². The molecule has 9 heteroatoms. The minimum atomic E-state index is -0.866. The highest BCUT2D eigenvalue weighted by atomic mass is 16.7. The van der Waals surface area contributed by atoms with E-state index in [4.69, 9.17) is 15.6 Å². The van der Waals surface area contributed by atoms with Crippen molar-refractivity contribution in [2.24, 2.45) is 5.92 Å². The first-order chi connectivity index (χ1) is 16.5. The zero-order chi connectivity index (χ0) is 23.4. The van der Waals surface area contributed by atoms with E-state index in [1.54, 1.807) is 0 Å². The van der Waals surface area contributed by atoms with Gasteiger partial charge in [0.1, 0.15) is 23.9 Å². The second-order valence-electron chi connectivity index (χ2n) is 9.56. The van der Waals surface area contributed by atoms with Crippen LogP contribution in [0.5, 0.6) is 0 Å². The van der Waals surface area contributed by atoms with E-state index >= 15 is 0 Å². The van der Waals surface area contributed by atoms with Crippen molar-refractivity contribution in [1.82, 2.24) is 19.5 Å². The molecule has 1 aliphatic heterocycles. The van der Waals surface area contributed by atoms with Gasteiger partial charge >= 0.3 is 0 Å². The van der Waals surface area contributed by atoms with E-state index in [2.05, 4.69) is 39.7 Å². The number of anilines is 2. The number of pyridine rings is 1. The number of benzene rings is 1. The first-order valence-corrected chi connectivity index (χ1v) is 11.8. The molecule has 5 N–H and O–H groups in total. The molecule has 176 valence electrons. The maximum Gasteiger partial charge on any atom is 0.153 e. The normalized spacial score (nSPS) is 26.6. The van der Waals surface area contributed by atoms with Gasteiger partial charge in [0.2, 0.25) is 0 Å². The van der Waals surface area contributed by atoms with Gasteiger partial charge in [0, 0.05) is 18.0 Å². The molecule has 1 fully saturated rings. The Balaban J connectivity index is 1.19. The second kappa shape index (κ2) is 8.19. The molecule has 1 aromatic carbocycles. The van der Waals surface area contributed by atoms with Crippen molar-refractivity contribution in [1.29, 1.82) is 0 Å². The third-order valence-corrected chi connectivity index (χ3v) is 7.30. The molecule has 0 bridgehead atoms. The highest BCUT2D eigenvalue weighted by Crippen LogP contribution is 2.39. The number of hydrogen-bond donors (Lipinski definition) is 4. The molecular weight excluding hydrogens is 432 g/mol. The molecule has 0 unspecified atom stereocenters. The van der Waals surface area contributed by atoms with Crippen molar-refractivity contribution in [2.45, 2.75) is 57.0 Å². The highest BCUT2D eigenvalue weighted by molar-refractivity contribution is 5.86. The number of hydrogen-bond acceptors (Lipinski definition) is 8. The summed E-state index contributed by atoms with van der Waals surface area (Å²) in [5.41, 5.74) is 12.8. The maximum absolute atomic E-state index is 10.8. The molecular formula is C25H28N6O3. The molecule has 2 aliphatic rings. The number of rotatable bonds is 4. The maximum atomic E-state index is 10.8. The van der Waals surface area contributed by atoms with E-state index in [1.165, 1.54) is 6.33 Å². The Morgan fingerprint density at radius 2 is 2.06 bits per heavy atom. The molecule has 3 aromatic heterocycles.